The Labute approximate surface area is 59.8 Å². The molecule has 0 aromatic carbocycles. The van der Waals surface area contributed by atoms with Gasteiger partial charge in [0.25, 0.3) is 0 Å². The molecule has 0 unspecified atom stereocenters. The van der Waals surface area contributed by atoms with Gasteiger partial charge in [0.2, 0.25) is 0 Å². The molecular weight excluding hydrogens is 130 g/mol. The first kappa shape index (κ1) is 6.75. The highest BCUT2D eigenvalue weighted by atomic mass is 32.1. The lowest BCUT2D eigenvalue weighted by Gasteiger charge is -2.13. The van der Waals surface area contributed by atoms with Crippen molar-refractivity contribution >= 4 is 11.3 Å². The van der Waals surface area contributed by atoms with Crippen LogP contribution in [0, 0.1) is 0 Å². The van der Waals surface area contributed by atoms with Crippen LogP contribution in [0.15, 0.2) is 10.9 Å². The molecule has 2 heteroatoms. The van der Waals surface area contributed by atoms with E-state index >= 15 is 0 Å². The highest BCUT2D eigenvalue weighted by Crippen LogP contribution is 2.20. The van der Waals surface area contributed by atoms with Crippen LogP contribution in [0.25, 0.3) is 0 Å². The number of aromatic nitrogens is 1. The van der Waals surface area contributed by atoms with Crippen LogP contribution in [0.3, 0.4) is 0 Å². The van der Waals surface area contributed by atoms with E-state index in [0.717, 1.165) is 0 Å². The number of rotatable bonds is 0. The molecule has 0 saturated carbocycles. The minimum atomic E-state index is 0.222. The third-order valence-electron chi connectivity index (χ3n) is 1.20. The van der Waals surface area contributed by atoms with Crippen molar-refractivity contribution in [1.29, 1.82) is 0 Å². The van der Waals surface area contributed by atoms with Crippen molar-refractivity contribution in [1.82, 2.24) is 4.98 Å². The summed E-state index contributed by atoms with van der Waals surface area (Å²) in [6.07, 6.45) is 0. The first-order valence-electron chi connectivity index (χ1n) is 2.99. The topological polar surface area (TPSA) is 12.9 Å². The fourth-order valence-electron chi connectivity index (χ4n) is 0.583. The van der Waals surface area contributed by atoms with E-state index in [4.69, 9.17) is 0 Å². The van der Waals surface area contributed by atoms with Gasteiger partial charge >= 0.3 is 0 Å². The lowest BCUT2D eigenvalue weighted by Crippen LogP contribution is -2.10. The van der Waals surface area contributed by atoms with Crippen molar-refractivity contribution in [3.63, 3.8) is 0 Å². The predicted octanol–water partition coefficient (Wildman–Crippen LogP) is 2.44. The molecule has 0 N–H and O–H groups in total. The molecule has 0 fully saturated rings. The summed E-state index contributed by atoms with van der Waals surface area (Å²) in [6.45, 7) is 6.51. The molecule has 1 nitrogen and oxygen atoms in total. The summed E-state index contributed by atoms with van der Waals surface area (Å²) in [5.41, 5.74) is 3.29. The molecule has 1 aromatic heterocycles. The quantitative estimate of drug-likeness (QED) is 0.540. The van der Waals surface area contributed by atoms with Crippen LogP contribution in [0.1, 0.15) is 26.5 Å². The van der Waals surface area contributed by atoms with E-state index in [0.29, 0.717) is 0 Å². The van der Waals surface area contributed by atoms with Crippen LogP contribution in [0.2, 0.25) is 0 Å². The van der Waals surface area contributed by atoms with Crippen LogP contribution in [-0.2, 0) is 5.41 Å². The molecule has 0 atom stereocenters. The molecule has 1 aromatic rings. The zero-order chi connectivity index (χ0) is 6.91. The largest absolute Gasteiger partial charge is 0.249 e. The van der Waals surface area contributed by atoms with Crippen molar-refractivity contribution < 1.29 is 0 Å². The van der Waals surface area contributed by atoms with Crippen LogP contribution >= 0.6 is 11.3 Å². The monoisotopic (exact) mass is 141 g/mol. The third kappa shape index (κ3) is 1.52. The summed E-state index contributed by atoms with van der Waals surface area (Å²) in [5, 5.41) is 2.10. The molecule has 0 saturated heterocycles. The molecule has 0 aliphatic heterocycles. The van der Waals surface area contributed by atoms with E-state index in [1.807, 2.05) is 5.51 Å². The Balaban J connectivity index is 2.90. The van der Waals surface area contributed by atoms with Crippen molar-refractivity contribution in [3.8, 4) is 0 Å². The summed E-state index contributed by atoms with van der Waals surface area (Å²) in [4.78, 5) is 4.21. The van der Waals surface area contributed by atoms with Crippen LogP contribution in [0.5, 0.6) is 0 Å². The molecule has 1 heterocycles. The average molecular weight is 141 g/mol. The Morgan fingerprint density at radius 1 is 1.44 bits per heavy atom. The Bertz CT molecular complexity index is 171. The molecular formula is C7H11NS. The van der Waals surface area contributed by atoms with Crippen LogP contribution in [-0.4, -0.2) is 4.98 Å². The van der Waals surface area contributed by atoms with E-state index in [1.165, 1.54) is 5.69 Å². The van der Waals surface area contributed by atoms with E-state index < -0.39 is 0 Å². The average Bonchev–Trinajstić information content (AvgIpc) is 2.08. The van der Waals surface area contributed by atoms with Crippen molar-refractivity contribution in [3.05, 3.63) is 16.6 Å². The van der Waals surface area contributed by atoms with Gasteiger partial charge in [-0.1, -0.05) is 20.8 Å². The second-order valence-corrected chi connectivity index (χ2v) is 3.84. The first-order valence-corrected chi connectivity index (χ1v) is 3.93. The molecule has 0 radical (unpaired) electrons. The van der Waals surface area contributed by atoms with Gasteiger partial charge in [-0.2, -0.15) is 0 Å². The van der Waals surface area contributed by atoms with Gasteiger partial charge in [0, 0.05) is 10.8 Å². The maximum Gasteiger partial charge on any atom is 0.0794 e. The second-order valence-electron chi connectivity index (χ2n) is 3.12. The summed E-state index contributed by atoms with van der Waals surface area (Å²) >= 11 is 1.66. The minimum absolute atomic E-state index is 0.222. The highest BCUT2D eigenvalue weighted by molar-refractivity contribution is 7.07. The van der Waals surface area contributed by atoms with Gasteiger partial charge in [-0.15, -0.1) is 11.3 Å². The molecule has 9 heavy (non-hydrogen) atoms. The van der Waals surface area contributed by atoms with Gasteiger partial charge in [-0.3, -0.25) is 0 Å². The fourth-order valence-corrected chi connectivity index (χ4v) is 1.36. The summed E-state index contributed by atoms with van der Waals surface area (Å²) in [6, 6.07) is 0. The first-order chi connectivity index (χ1) is 4.11. The number of hydrogen-bond donors (Lipinski definition) is 0. The summed E-state index contributed by atoms with van der Waals surface area (Å²) < 4.78 is 0. The van der Waals surface area contributed by atoms with E-state index in [1.54, 1.807) is 11.3 Å². The SMILES string of the molecule is CC(C)(C)c1cscn1. The Kier molecular flexibility index (Phi) is 1.58. The van der Waals surface area contributed by atoms with Crippen molar-refractivity contribution in [2.45, 2.75) is 26.2 Å². The molecule has 50 valence electrons. The van der Waals surface area contributed by atoms with Gasteiger partial charge in [0.05, 0.1) is 11.2 Å². The number of hydrogen-bond acceptors (Lipinski definition) is 2. The van der Waals surface area contributed by atoms with Gasteiger partial charge in [0.15, 0.2) is 0 Å². The minimum Gasteiger partial charge on any atom is -0.249 e. The van der Waals surface area contributed by atoms with E-state index in [9.17, 15) is 0 Å². The number of thiazole rings is 1. The zero-order valence-electron chi connectivity index (χ0n) is 6.01. The lowest BCUT2D eigenvalue weighted by atomic mass is 9.93. The normalized spacial score (nSPS) is 11.9. The summed E-state index contributed by atoms with van der Waals surface area (Å²) in [5.74, 6) is 0. The molecule has 1 rings (SSSR count). The standard InChI is InChI=1S/C7H11NS/c1-7(2,3)6-4-9-5-8-6/h4-5H,1-3H3. The molecule has 0 amide bonds. The maximum atomic E-state index is 4.21. The van der Waals surface area contributed by atoms with E-state index in [2.05, 4.69) is 31.1 Å². The van der Waals surface area contributed by atoms with Gasteiger partial charge in [-0.05, 0) is 0 Å². The van der Waals surface area contributed by atoms with Gasteiger partial charge in [-0.25, -0.2) is 4.98 Å². The highest BCUT2D eigenvalue weighted by Gasteiger charge is 2.14. The Morgan fingerprint density at radius 2 is 2.11 bits per heavy atom. The van der Waals surface area contributed by atoms with Gasteiger partial charge in [0.1, 0.15) is 0 Å². The van der Waals surface area contributed by atoms with Crippen molar-refractivity contribution in [2.75, 3.05) is 0 Å². The fraction of sp³-hybridized carbons (Fsp3) is 0.571. The number of nitrogens with zero attached hydrogens (tertiary/aromatic N) is 1. The molecule has 0 aliphatic carbocycles. The van der Waals surface area contributed by atoms with Crippen molar-refractivity contribution in [2.24, 2.45) is 0 Å². The molecule has 0 spiro atoms. The Hall–Kier alpha value is -0.370. The third-order valence-corrected chi connectivity index (χ3v) is 1.79. The lowest BCUT2D eigenvalue weighted by molar-refractivity contribution is 0.573. The maximum absolute atomic E-state index is 4.21. The van der Waals surface area contributed by atoms with Crippen LogP contribution < -0.4 is 0 Å². The van der Waals surface area contributed by atoms with Crippen LogP contribution in [0.4, 0.5) is 0 Å². The second kappa shape index (κ2) is 2.10. The predicted molar refractivity (Wildman–Crippen MR) is 40.8 cm³/mol. The van der Waals surface area contributed by atoms with E-state index in [-0.39, 0.29) is 5.41 Å². The Morgan fingerprint density at radius 3 is 2.33 bits per heavy atom. The smallest absolute Gasteiger partial charge is 0.0794 e. The summed E-state index contributed by atoms with van der Waals surface area (Å²) in [7, 11) is 0. The molecule has 0 aliphatic rings. The molecule has 0 bridgehead atoms. The zero-order valence-corrected chi connectivity index (χ0v) is 6.83. The van der Waals surface area contributed by atoms with Gasteiger partial charge < -0.3 is 0 Å².